The van der Waals surface area contributed by atoms with Crippen molar-refractivity contribution in [2.45, 2.75) is 45.8 Å². The van der Waals surface area contributed by atoms with Crippen molar-refractivity contribution in [3.63, 3.8) is 0 Å². The van der Waals surface area contributed by atoms with Gasteiger partial charge in [-0.25, -0.2) is 0 Å². The molecule has 0 saturated heterocycles. The smallest absolute Gasteiger partial charge is 0.172 e. The van der Waals surface area contributed by atoms with Crippen LogP contribution >= 0.6 is 11.8 Å². The highest BCUT2D eigenvalue weighted by Crippen LogP contribution is 2.20. The quantitative estimate of drug-likeness (QED) is 0.669. The standard InChI is InChI=1S/C16H24OS/c1-5-6-14-7-9-15(10-8-14)16(17)11-18-13(4)12(2)3/h7-10,12-13H,5-6,11H2,1-4H3. The van der Waals surface area contributed by atoms with E-state index in [0.29, 0.717) is 16.9 Å². The Kier molecular flexibility index (Phi) is 6.48. The first-order valence-corrected chi connectivity index (χ1v) is 7.83. The molecule has 0 saturated carbocycles. The predicted octanol–water partition coefficient (Wildman–Crippen LogP) is 4.60. The van der Waals surface area contributed by atoms with E-state index in [2.05, 4.69) is 39.8 Å². The van der Waals surface area contributed by atoms with Crippen LogP contribution in [0.15, 0.2) is 24.3 Å². The van der Waals surface area contributed by atoms with E-state index in [1.165, 1.54) is 5.56 Å². The Morgan fingerprint density at radius 1 is 1.17 bits per heavy atom. The van der Waals surface area contributed by atoms with E-state index in [0.717, 1.165) is 18.4 Å². The van der Waals surface area contributed by atoms with Crippen LogP contribution in [0.5, 0.6) is 0 Å². The minimum Gasteiger partial charge on any atom is -0.293 e. The summed E-state index contributed by atoms with van der Waals surface area (Å²) in [4.78, 5) is 12.0. The van der Waals surface area contributed by atoms with Gasteiger partial charge in [0.05, 0.1) is 5.75 Å². The summed E-state index contributed by atoms with van der Waals surface area (Å²) in [5.41, 5.74) is 2.16. The topological polar surface area (TPSA) is 17.1 Å². The number of ketones is 1. The fourth-order valence-electron chi connectivity index (χ4n) is 1.63. The van der Waals surface area contributed by atoms with Crippen molar-refractivity contribution in [2.24, 2.45) is 5.92 Å². The van der Waals surface area contributed by atoms with E-state index < -0.39 is 0 Å². The van der Waals surface area contributed by atoms with Crippen LogP contribution in [0.2, 0.25) is 0 Å². The maximum Gasteiger partial charge on any atom is 0.172 e. The summed E-state index contributed by atoms with van der Waals surface area (Å²) in [5, 5.41) is 0.535. The lowest BCUT2D eigenvalue weighted by molar-refractivity contribution is 0.102. The van der Waals surface area contributed by atoms with Crippen molar-refractivity contribution < 1.29 is 4.79 Å². The molecule has 0 fully saturated rings. The maximum absolute atomic E-state index is 12.0. The zero-order valence-corrected chi connectivity index (χ0v) is 12.7. The van der Waals surface area contributed by atoms with Crippen molar-refractivity contribution in [1.82, 2.24) is 0 Å². The molecule has 1 rings (SSSR count). The minimum absolute atomic E-state index is 0.246. The molecule has 1 unspecified atom stereocenters. The summed E-state index contributed by atoms with van der Waals surface area (Å²) in [6.45, 7) is 8.75. The average Bonchev–Trinajstić information content (AvgIpc) is 2.36. The third-order valence-corrected chi connectivity index (χ3v) is 4.73. The molecule has 1 aromatic carbocycles. The second kappa shape index (κ2) is 7.63. The third-order valence-electron chi connectivity index (χ3n) is 3.23. The summed E-state index contributed by atoms with van der Waals surface area (Å²) < 4.78 is 0. The number of benzene rings is 1. The zero-order valence-electron chi connectivity index (χ0n) is 11.9. The van der Waals surface area contributed by atoms with Crippen LogP contribution in [-0.2, 0) is 6.42 Å². The third kappa shape index (κ3) is 4.85. The molecule has 2 heteroatoms. The number of aryl methyl sites for hydroxylation is 1. The summed E-state index contributed by atoms with van der Waals surface area (Å²) in [6, 6.07) is 8.09. The molecule has 0 aliphatic heterocycles. The molecule has 100 valence electrons. The number of carbonyl (C=O) groups excluding carboxylic acids is 1. The van der Waals surface area contributed by atoms with E-state index >= 15 is 0 Å². The van der Waals surface area contributed by atoms with Gasteiger partial charge in [0, 0.05) is 10.8 Å². The first-order chi connectivity index (χ1) is 8.54. The van der Waals surface area contributed by atoms with Crippen molar-refractivity contribution in [3.05, 3.63) is 35.4 Å². The molecule has 0 spiro atoms. The van der Waals surface area contributed by atoms with E-state index in [-0.39, 0.29) is 5.78 Å². The molecule has 1 nitrogen and oxygen atoms in total. The Morgan fingerprint density at radius 2 is 1.78 bits per heavy atom. The van der Waals surface area contributed by atoms with E-state index in [4.69, 9.17) is 0 Å². The first kappa shape index (κ1) is 15.3. The number of rotatable bonds is 7. The van der Waals surface area contributed by atoms with E-state index in [1.807, 2.05) is 12.1 Å². The van der Waals surface area contributed by atoms with Gasteiger partial charge in [-0.1, -0.05) is 58.4 Å². The van der Waals surface area contributed by atoms with Crippen LogP contribution in [0, 0.1) is 5.92 Å². The average molecular weight is 264 g/mol. The highest BCUT2D eigenvalue weighted by atomic mass is 32.2. The van der Waals surface area contributed by atoms with Crippen molar-refractivity contribution in [1.29, 1.82) is 0 Å². The van der Waals surface area contributed by atoms with Crippen LogP contribution < -0.4 is 0 Å². The van der Waals surface area contributed by atoms with Gasteiger partial charge < -0.3 is 0 Å². The molecular formula is C16H24OS. The summed E-state index contributed by atoms with van der Waals surface area (Å²) >= 11 is 1.75. The summed E-state index contributed by atoms with van der Waals surface area (Å²) in [6.07, 6.45) is 2.24. The Labute approximate surface area is 115 Å². The molecule has 1 atom stereocenters. The molecule has 0 N–H and O–H groups in total. The highest BCUT2D eigenvalue weighted by Gasteiger charge is 2.11. The number of Topliss-reactive ketones (excluding diaryl/α,β-unsaturated/α-hetero) is 1. The Balaban J connectivity index is 2.51. The van der Waals surface area contributed by atoms with Gasteiger partial charge in [-0.15, -0.1) is 0 Å². The number of hydrogen-bond acceptors (Lipinski definition) is 2. The van der Waals surface area contributed by atoms with Gasteiger partial charge in [-0.05, 0) is 17.9 Å². The van der Waals surface area contributed by atoms with Crippen molar-refractivity contribution in [2.75, 3.05) is 5.75 Å². The lowest BCUT2D eigenvalue weighted by Crippen LogP contribution is -2.11. The summed E-state index contributed by atoms with van der Waals surface area (Å²) in [5.74, 6) is 1.46. The Morgan fingerprint density at radius 3 is 2.28 bits per heavy atom. The molecular weight excluding hydrogens is 240 g/mol. The lowest BCUT2D eigenvalue weighted by Gasteiger charge is -2.14. The van der Waals surface area contributed by atoms with Crippen molar-refractivity contribution >= 4 is 17.5 Å². The Hall–Kier alpha value is -0.760. The minimum atomic E-state index is 0.246. The monoisotopic (exact) mass is 264 g/mol. The van der Waals surface area contributed by atoms with E-state index in [1.54, 1.807) is 11.8 Å². The molecule has 0 aliphatic rings. The molecule has 0 bridgehead atoms. The van der Waals surface area contributed by atoms with Gasteiger partial charge >= 0.3 is 0 Å². The molecule has 0 amide bonds. The van der Waals surface area contributed by atoms with Crippen LogP contribution in [0.3, 0.4) is 0 Å². The summed E-state index contributed by atoms with van der Waals surface area (Å²) in [7, 11) is 0. The number of hydrogen-bond donors (Lipinski definition) is 0. The first-order valence-electron chi connectivity index (χ1n) is 6.78. The van der Waals surface area contributed by atoms with E-state index in [9.17, 15) is 4.79 Å². The molecule has 0 aromatic heterocycles. The van der Waals surface area contributed by atoms with Gasteiger partial charge in [0.25, 0.3) is 0 Å². The normalized spacial score (nSPS) is 12.7. The molecule has 0 aliphatic carbocycles. The van der Waals surface area contributed by atoms with Gasteiger partial charge in [0.2, 0.25) is 0 Å². The fraction of sp³-hybridized carbons (Fsp3) is 0.562. The number of carbonyl (C=O) groups is 1. The molecule has 1 aromatic rings. The SMILES string of the molecule is CCCc1ccc(C(=O)CSC(C)C(C)C)cc1. The second-order valence-corrected chi connectivity index (χ2v) is 6.50. The number of thioether (sulfide) groups is 1. The van der Waals surface area contributed by atoms with Gasteiger partial charge in [-0.2, -0.15) is 11.8 Å². The van der Waals surface area contributed by atoms with Crippen LogP contribution in [0.25, 0.3) is 0 Å². The Bertz CT molecular complexity index is 367. The molecule has 0 radical (unpaired) electrons. The zero-order chi connectivity index (χ0) is 13.5. The maximum atomic E-state index is 12.0. The predicted molar refractivity (Wildman–Crippen MR) is 81.5 cm³/mol. The van der Waals surface area contributed by atoms with Gasteiger partial charge in [0.1, 0.15) is 0 Å². The van der Waals surface area contributed by atoms with Crippen LogP contribution in [-0.4, -0.2) is 16.8 Å². The lowest BCUT2D eigenvalue weighted by atomic mass is 10.1. The van der Waals surface area contributed by atoms with Gasteiger partial charge in [-0.3, -0.25) is 4.79 Å². The molecule has 0 heterocycles. The van der Waals surface area contributed by atoms with Crippen LogP contribution in [0.4, 0.5) is 0 Å². The van der Waals surface area contributed by atoms with Crippen molar-refractivity contribution in [3.8, 4) is 0 Å². The van der Waals surface area contributed by atoms with Crippen LogP contribution in [0.1, 0.15) is 50.0 Å². The second-order valence-electron chi connectivity index (χ2n) is 5.13. The largest absolute Gasteiger partial charge is 0.293 e. The highest BCUT2D eigenvalue weighted by molar-refractivity contribution is 8.00. The fourth-order valence-corrected chi connectivity index (χ4v) is 2.59. The molecule has 18 heavy (non-hydrogen) atoms. The van der Waals surface area contributed by atoms with Gasteiger partial charge in [0.15, 0.2) is 5.78 Å².